The van der Waals surface area contributed by atoms with E-state index in [0.717, 1.165) is 12.1 Å². The molecule has 0 saturated heterocycles. The number of hydrogen-bond donors (Lipinski definition) is 3. The van der Waals surface area contributed by atoms with Gasteiger partial charge in [0.25, 0.3) is 5.91 Å². The molecule has 0 bridgehead atoms. The number of phenolic OH excluding ortho intramolecular Hbond substituents is 1. The zero-order valence-corrected chi connectivity index (χ0v) is 17.1. The van der Waals surface area contributed by atoms with Crippen LogP contribution in [0.25, 0.3) is 0 Å². The van der Waals surface area contributed by atoms with Gasteiger partial charge in [-0.3, -0.25) is 4.79 Å². The second-order valence-electron chi connectivity index (χ2n) is 5.88. The van der Waals surface area contributed by atoms with Crippen molar-refractivity contribution in [3.05, 3.63) is 57.6 Å². The van der Waals surface area contributed by atoms with E-state index in [4.69, 9.17) is 23.2 Å². The predicted octanol–water partition coefficient (Wildman–Crippen LogP) is 2.88. The number of amides is 1. The number of nitrogens with one attached hydrogen (secondary N) is 2. The van der Waals surface area contributed by atoms with E-state index in [-0.39, 0.29) is 27.4 Å². The molecule has 1 atom stereocenters. The van der Waals surface area contributed by atoms with Gasteiger partial charge >= 0.3 is 0 Å². The third kappa shape index (κ3) is 5.45. The summed E-state index contributed by atoms with van der Waals surface area (Å²) in [5, 5.41) is 11.8. The number of hydrogen-bond acceptors (Lipinski definition) is 5. The largest absolute Gasteiger partial charge is 0.505 e. The molecule has 0 aliphatic carbocycles. The predicted molar refractivity (Wildman–Crippen MR) is 106 cm³/mol. The van der Waals surface area contributed by atoms with Gasteiger partial charge in [0.05, 0.1) is 21.0 Å². The third-order valence-electron chi connectivity index (χ3n) is 3.90. The highest BCUT2D eigenvalue weighted by Crippen LogP contribution is 2.34. The Morgan fingerprint density at radius 3 is 2.25 bits per heavy atom. The molecular formula is C18H18Cl2N2O5S. The lowest BCUT2D eigenvalue weighted by molar-refractivity contribution is -0.109. The van der Waals surface area contributed by atoms with Gasteiger partial charge in [-0.05, 0) is 36.2 Å². The van der Waals surface area contributed by atoms with Gasteiger partial charge in [-0.1, -0.05) is 42.3 Å². The molecule has 0 aliphatic rings. The summed E-state index contributed by atoms with van der Waals surface area (Å²) in [5.41, 5.74) is 0.961. The number of phenols is 1. The zero-order chi connectivity index (χ0) is 20.9. The molecule has 2 aromatic carbocycles. The van der Waals surface area contributed by atoms with E-state index in [9.17, 15) is 23.1 Å². The minimum absolute atomic E-state index is 0.0354. The first kappa shape index (κ1) is 22.2. The number of halogens is 2. The molecule has 2 aromatic rings. The Labute approximate surface area is 172 Å². The van der Waals surface area contributed by atoms with Crippen molar-refractivity contribution in [2.45, 2.75) is 30.8 Å². The quantitative estimate of drug-likeness (QED) is 0.541. The smallest absolute Gasteiger partial charge is 0.251 e. The number of carbonyl (C=O) groups excluding carboxylic acids is 2. The van der Waals surface area contributed by atoms with E-state index in [2.05, 4.69) is 10.0 Å². The minimum atomic E-state index is -3.92. The van der Waals surface area contributed by atoms with Crippen LogP contribution in [-0.2, 0) is 21.4 Å². The van der Waals surface area contributed by atoms with E-state index in [1.807, 2.05) is 0 Å². The molecule has 0 fully saturated rings. The number of rotatable bonds is 8. The summed E-state index contributed by atoms with van der Waals surface area (Å²) < 4.78 is 27.1. The van der Waals surface area contributed by atoms with Crippen LogP contribution in [0.2, 0.25) is 10.0 Å². The van der Waals surface area contributed by atoms with E-state index >= 15 is 0 Å². The van der Waals surface area contributed by atoms with Crippen molar-refractivity contribution < 1.29 is 23.1 Å². The lowest BCUT2D eigenvalue weighted by Gasteiger charge is -2.11. The van der Waals surface area contributed by atoms with Crippen LogP contribution in [0.4, 0.5) is 0 Å². The fourth-order valence-corrected chi connectivity index (χ4v) is 3.90. The highest BCUT2D eigenvalue weighted by Gasteiger charge is 2.18. The summed E-state index contributed by atoms with van der Waals surface area (Å²) >= 11 is 11.5. The first-order valence-corrected chi connectivity index (χ1v) is 10.4. The summed E-state index contributed by atoms with van der Waals surface area (Å²) in [6, 6.07) is 7.88. The SMILES string of the molecule is CC[C@@H](C=O)NC(=O)c1ccc(CNS(=O)(=O)c2cc(Cl)c(O)c(Cl)c2)cc1. The van der Waals surface area contributed by atoms with Crippen molar-refractivity contribution in [1.29, 1.82) is 0 Å². The first-order chi connectivity index (χ1) is 13.2. The molecule has 0 aliphatic heterocycles. The Morgan fingerprint density at radius 1 is 1.18 bits per heavy atom. The molecule has 3 N–H and O–H groups in total. The van der Waals surface area contributed by atoms with Crippen molar-refractivity contribution in [3.8, 4) is 5.75 Å². The van der Waals surface area contributed by atoms with Crippen LogP contribution in [0.1, 0.15) is 29.3 Å². The normalized spacial score (nSPS) is 12.4. The van der Waals surface area contributed by atoms with Gasteiger partial charge in [-0.2, -0.15) is 0 Å². The molecule has 2 rings (SSSR count). The Kier molecular flexibility index (Phi) is 7.42. The summed E-state index contributed by atoms with van der Waals surface area (Å²) in [6.07, 6.45) is 1.16. The lowest BCUT2D eigenvalue weighted by atomic mass is 10.1. The van der Waals surface area contributed by atoms with Crippen LogP contribution < -0.4 is 10.0 Å². The van der Waals surface area contributed by atoms with Crippen molar-refractivity contribution in [1.82, 2.24) is 10.0 Å². The van der Waals surface area contributed by atoms with Gasteiger partial charge in [0, 0.05) is 12.1 Å². The molecule has 7 nitrogen and oxygen atoms in total. The van der Waals surface area contributed by atoms with Crippen LogP contribution >= 0.6 is 23.2 Å². The van der Waals surface area contributed by atoms with Gasteiger partial charge in [0.2, 0.25) is 10.0 Å². The molecule has 0 radical (unpaired) electrons. The van der Waals surface area contributed by atoms with Crippen LogP contribution in [0.15, 0.2) is 41.3 Å². The third-order valence-corrected chi connectivity index (χ3v) is 5.86. The monoisotopic (exact) mass is 444 g/mol. The van der Waals surface area contributed by atoms with Crippen molar-refractivity contribution >= 4 is 45.4 Å². The van der Waals surface area contributed by atoms with Crippen LogP contribution in [0, 0.1) is 0 Å². The molecule has 28 heavy (non-hydrogen) atoms. The Hall–Kier alpha value is -2.13. The summed E-state index contributed by atoms with van der Waals surface area (Å²) in [7, 11) is -3.92. The van der Waals surface area contributed by atoms with Gasteiger partial charge in [0.1, 0.15) is 6.29 Å². The Morgan fingerprint density at radius 2 is 1.75 bits per heavy atom. The second kappa shape index (κ2) is 9.38. The molecule has 0 aromatic heterocycles. The number of benzene rings is 2. The lowest BCUT2D eigenvalue weighted by Crippen LogP contribution is -2.35. The van der Waals surface area contributed by atoms with Gasteiger partial charge in [-0.25, -0.2) is 13.1 Å². The number of aldehydes is 1. The maximum atomic E-state index is 12.4. The van der Waals surface area contributed by atoms with Crippen molar-refractivity contribution in [3.63, 3.8) is 0 Å². The van der Waals surface area contributed by atoms with E-state index < -0.39 is 21.8 Å². The van der Waals surface area contributed by atoms with Crippen LogP contribution in [0.5, 0.6) is 5.75 Å². The molecule has 0 heterocycles. The van der Waals surface area contributed by atoms with Crippen molar-refractivity contribution in [2.75, 3.05) is 0 Å². The van der Waals surface area contributed by atoms with E-state index in [1.54, 1.807) is 19.1 Å². The maximum Gasteiger partial charge on any atom is 0.251 e. The molecule has 0 spiro atoms. The first-order valence-electron chi connectivity index (χ1n) is 8.20. The fraction of sp³-hybridized carbons (Fsp3) is 0.222. The minimum Gasteiger partial charge on any atom is -0.505 e. The summed E-state index contributed by atoms with van der Waals surface area (Å²) in [4.78, 5) is 22.7. The van der Waals surface area contributed by atoms with Crippen LogP contribution in [-0.4, -0.2) is 31.8 Å². The fourth-order valence-electron chi connectivity index (χ4n) is 2.22. The average Bonchev–Trinajstić information content (AvgIpc) is 2.68. The number of carbonyl (C=O) groups is 2. The molecule has 10 heteroatoms. The standard InChI is InChI=1S/C18H18Cl2N2O5S/c1-2-13(10-23)22-18(25)12-5-3-11(4-6-12)9-21-28(26,27)14-7-15(19)17(24)16(20)8-14/h3-8,10,13,21,24H,2,9H2,1H3,(H,22,25)/t13-/m0/s1. The number of sulfonamides is 1. The van der Waals surface area contributed by atoms with Gasteiger partial charge < -0.3 is 15.2 Å². The Balaban J connectivity index is 2.06. The molecule has 0 saturated carbocycles. The van der Waals surface area contributed by atoms with E-state index in [0.29, 0.717) is 23.8 Å². The highest BCUT2D eigenvalue weighted by atomic mass is 35.5. The molecule has 1 amide bonds. The molecule has 0 unspecified atom stereocenters. The highest BCUT2D eigenvalue weighted by molar-refractivity contribution is 7.89. The maximum absolute atomic E-state index is 12.4. The molecular weight excluding hydrogens is 427 g/mol. The van der Waals surface area contributed by atoms with Gasteiger partial charge in [0.15, 0.2) is 5.75 Å². The summed E-state index contributed by atoms with van der Waals surface area (Å²) in [6.45, 7) is 1.75. The second-order valence-corrected chi connectivity index (χ2v) is 8.46. The molecule has 150 valence electrons. The topological polar surface area (TPSA) is 113 Å². The van der Waals surface area contributed by atoms with E-state index in [1.165, 1.54) is 12.1 Å². The van der Waals surface area contributed by atoms with Crippen molar-refractivity contribution in [2.24, 2.45) is 0 Å². The number of aromatic hydroxyl groups is 1. The van der Waals surface area contributed by atoms with Crippen LogP contribution in [0.3, 0.4) is 0 Å². The Bertz CT molecular complexity index is 955. The zero-order valence-electron chi connectivity index (χ0n) is 14.8. The average molecular weight is 445 g/mol. The van der Waals surface area contributed by atoms with Gasteiger partial charge in [-0.15, -0.1) is 0 Å². The summed E-state index contributed by atoms with van der Waals surface area (Å²) in [5.74, 6) is -0.782.